The fourth-order valence-electron chi connectivity index (χ4n) is 3.84. The number of amides is 1. The van der Waals surface area contributed by atoms with Gasteiger partial charge in [0.2, 0.25) is 5.91 Å². The molecule has 3 rings (SSSR count). The van der Waals surface area contributed by atoms with Gasteiger partial charge in [-0.3, -0.25) is 4.79 Å². The Balaban J connectivity index is 0.00000169. The normalized spacial score (nSPS) is 22.7. The summed E-state index contributed by atoms with van der Waals surface area (Å²) in [6.45, 7) is 2.75. The molecule has 0 spiro atoms. The number of pyridine rings is 1. The summed E-state index contributed by atoms with van der Waals surface area (Å²) in [5.41, 5.74) is 7.09. The van der Waals surface area contributed by atoms with E-state index in [1.54, 1.807) is 0 Å². The van der Waals surface area contributed by atoms with Gasteiger partial charge in [0.25, 0.3) is 0 Å². The van der Waals surface area contributed by atoms with Gasteiger partial charge < -0.3 is 16.0 Å². The SMILES string of the molecule is Cl.Cl.N[C@@H]1CCC[C@H]1CC(=O)NCc1ccc(N2CCCCCC2)nc1. The molecule has 1 amide bonds. The van der Waals surface area contributed by atoms with Crippen molar-refractivity contribution in [1.82, 2.24) is 10.3 Å². The van der Waals surface area contributed by atoms with Crippen LogP contribution in [-0.2, 0) is 11.3 Å². The predicted octanol–water partition coefficient (Wildman–Crippen LogP) is 3.44. The molecule has 1 aliphatic heterocycles. The van der Waals surface area contributed by atoms with Gasteiger partial charge in [0.05, 0.1) is 0 Å². The van der Waals surface area contributed by atoms with Gasteiger partial charge in [0, 0.05) is 38.3 Å². The van der Waals surface area contributed by atoms with E-state index < -0.39 is 0 Å². The van der Waals surface area contributed by atoms with Crippen LogP contribution in [-0.4, -0.2) is 30.0 Å². The molecule has 3 N–H and O–H groups in total. The molecule has 1 aromatic rings. The van der Waals surface area contributed by atoms with Crippen molar-refractivity contribution in [2.45, 2.75) is 64.0 Å². The number of aromatic nitrogens is 1. The Hall–Kier alpha value is -1.04. The first kappa shape index (κ1) is 23.0. The zero-order valence-electron chi connectivity index (χ0n) is 15.4. The molecule has 2 heterocycles. The molecule has 0 unspecified atom stereocenters. The lowest BCUT2D eigenvalue weighted by molar-refractivity contribution is -0.122. The van der Waals surface area contributed by atoms with E-state index in [9.17, 15) is 4.79 Å². The molecular formula is C19H32Cl2N4O. The molecule has 0 aromatic carbocycles. The van der Waals surface area contributed by atoms with Crippen molar-refractivity contribution in [3.63, 3.8) is 0 Å². The topological polar surface area (TPSA) is 71.2 Å². The maximum absolute atomic E-state index is 12.1. The third-order valence-corrected chi connectivity index (χ3v) is 5.39. The summed E-state index contributed by atoms with van der Waals surface area (Å²) in [5.74, 6) is 1.52. The molecule has 2 fully saturated rings. The second-order valence-corrected chi connectivity index (χ2v) is 7.26. The minimum absolute atomic E-state index is 0. The number of carbonyl (C=O) groups is 1. The molecular weight excluding hydrogens is 371 g/mol. The van der Waals surface area contributed by atoms with Gasteiger partial charge in [-0.2, -0.15) is 0 Å². The lowest BCUT2D eigenvalue weighted by Gasteiger charge is -2.21. The van der Waals surface area contributed by atoms with Crippen molar-refractivity contribution in [3.8, 4) is 0 Å². The maximum Gasteiger partial charge on any atom is 0.220 e. The lowest BCUT2D eigenvalue weighted by atomic mass is 10.00. The summed E-state index contributed by atoms with van der Waals surface area (Å²) in [5, 5.41) is 3.01. The summed E-state index contributed by atoms with van der Waals surface area (Å²) in [6.07, 6.45) is 10.9. The maximum atomic E-state index is 12.1. The van der Waals surface area contributed by atoms with Crippen LogP contribution in [0.2, 0.25) is 0 Å². The summed E-state index contributed by atoms with van der Waals surface area (Å²) in [7, 11) is 0. The summed E-state index contributed by atoms with van der Waals surface area (Å²) in [4.78, 5) is 19.0. The number of nitrogens with one attached hydrogen (secondary N) is 1. The number of nitrogens with zero attached hydrogens (tertiary/aromatic N) is 2. The van der Waals surface area contributed by atoms with Gasteiger partial charge >= 0.3 is 0 Å². The minimum Gasteiger partial charge on any atom is -0.357 e. The highest BCUT2D eigenvalue weighted by Gasteiger charge is 2.25. The number of nitrogens with two attached hydrogens (primary N) is 1. The second kappa shape index (κ2) is 11.6. The fraction of sp³-hybridized carbons (Fsp3) is 0.684. The highest BCUT2D eigenvalue weighted by molar-refractivity contribution is 5.85. The number of carbonyl (C=O) groups excluding carboxylic acids is 1. The van der Waals surface area contributed by atoms with Crippen molar-refractivity contribution in [1.29, 1.82) is 0 Å². The number of rotatable bonds is 5. The highest BCUT2D eigenvalue weighted by atomic mass is 35.5. The number of hydrogen-bond acceptors (Lipinski definition) is 4. The van der Waals surface area contributed by atoms with E-state index >= 15 is 0 Å². The molecule has 26 heavy (non-hydrogen) atoms. The van der Waals surface area contributed by atoms with Crippen molar-refractivity contribution < 1.29 is 4.79 Å². The quantitative estimate of drug-likeness (QED) is 0.790. The van der Waals surface area contributed by atoms with Gasteiger partial charge in [-0.15, -0.1) is 24.8 Å². The standard InChI is InChI=1S/C19H30N4O.2ClH/c20-17-7-5-6-16(17)12-19(24)22-14-15-8-9-18(21-13-15)23-10-3-1-2-4-11-23;;/h8-9,13,16-17H,1-7,10-12,14,20H2,(H,22,24);2*1H/t16-,17+;;/m0../s1. The first-order valence-electron chi connectivity index (χ1n) is 9.44. The molecule has 1 saturated heterocycles. The zero-order valence-corrected chi connectivity index (χ0v) is 17.0. The predicted molar refractivity (Wildman–Crippen MR) is 111 cm³/mol. The Bertz CT molecular complexity index is 533. The lowest BCUT2D eigenvalue weighted by Crippen LogP contribution is -2.31. The van der Waals surface area contributed by atoms with Crippen molar-refractivity contribution in [3.05, 3.63) is 23.9 Å². The molecule has 148 valence electrons. The zero-order chi connectivity index (χ0) is 16.8. The summed E-state index contributed by atoms with van der Waals surface area (Å²) < 4.78 is 0. The fourth-order valence-corrected chi connectivity index (χ4v) is 3.84. The Morgan fingerprint density at radius 2 is 1.85 bits per heavy atom. The first-order chi connectivity index (χ1) is 11.7. The van der Waals surface area contributed by atoms with Crippen LogP contribution in [0.15, 0.2) is 18.3 Å². The number of halogens is 2. The molecule has 0 radical (unpaired) electrons. The second-order valence-electron chi connectivity index (χ2n) is 7.26. The third-order valence-electron chi connectivity index (χ3n) is 5.39. The van der Waals surface area contributed by atoms with Crippen LogP contribution in [0.5, 0.6) is 0 Å². The Morgan fingerprint density at radius 3 is 2.42 bits per heavy atom. The average Bonchev–Trinajstić information content (AvgIpc) is 2.85. The van der Waals surface area contributed by atoms with Crippen LogP contribution in [0.4, 0.5) is 5.82 Å². The van der Waals surface area contributed by atoms with E-state index in [0.717, 1.165) is 43.7 Å². The first-order valence-corrected chi connectivity index (χ1v) is 9.44. The van der Waals surface area contributed by atoms with E-state index in [1.165, 1.54) is 25.7 Å². The van der Waals surface area contributed by atoms with E-state index in [2.05, 4.69) is 27.3 Å². The van der Waals surface area contributed by atoms with Gasteiger partial charge in [-0.05, 0) is 43.2 Å². The number of hydrogen-bond donors (Lipinski definition) is 2. The Morgan fingerprint density at radius 1 is 1.12 bits per heavy atom. The van der Waals surface area contributed by atoms with E-state index in [1.807, 2.05) is 6.20 Å². The van der Waals surface area contributed by atoms with Gasteiger partial charge in [-0.1, -0.05) is 25.3 Å². The molecule has 0 bridgehead atoms. The van der Waals surface area contributed by atoms with Crippen LogP contribution < -0.4 is 16.0 Å². The third kappa shape index (κ3) is 6.60. The molecule has 5 nitrogen and oxygen atoms in total. The average molecular weight is 403 g/mol. The van der Waals surface area contributed by atoms with E-state index in [0.29, 0.717) is 18.9 Å². The number of anilines is 1. The highest BCUT2D eigenvalue weighted by Crippen LogP contribution is 2.26. The van der Waals surface area contributed by atoms with E-state index in [-0.39, 0.29) is 36.8 Å². The van der Waals surface area contributed by atoms with Crippen LogP contribution in [0.1, 0.15) is 56.9 Å². The van der Waals surface area contributed by atoms with Gasteiger partial charge in [-0.25, -0.2) is 4.98 Å². The van der Waals surface area contributed by atoms with Crippen LogP contribution in [0, 0.1) is 5.92 Å². The molecule has 1 saturated carbocycles. The van der Waals surface area contributed by atoms with Crippen LogP contribution in [0.3, 0.4) is 0 Å². The molecule has 1 aromatic heterocycles. The Labute approximate surface area is 169 Å². The Kier molecular flexibility index (Phi) is 10.3. The summed E-state index contributed by atoms with van der Waals surface area (Å²) in [6, 6.07) is 4.36. The smallest absolute Gasteiger partial charge is 0.220 e. The van der Waals surface area contributed by atoms with Crippen LogP contribution in [0.25, 0.3) is 0 Å². The largest absolute Gasteiger partial charge is 0.357 e. The molecule has 2 aliphatic rings. The van der Waals surface area contributed by atoms with Gasteiger partial charge in [0.15, 0.2) is 0 Å². The van der Waals surface area contributed by atoms with Crippen molar-refractivity contribution in [2.75, 3.05) is 18.0 Å². The van der Waals surface area contributed by atoms with E-state index in [4.69, 9.17) is 5.73 Å². The minimum atomic E-state index is 0. The molecule has 7 heteroatoms. The van der Waals surface area contributed by atoms with Crippen molar-refractivity contribution in [2.24, 2.45) is 11.7 Å². The van der Waals surface area contributed by atoms with Crippen LogP contribution >= 0.6 is 24.8 Å². The molecule has 2 atom stereocenters. The monoisotopic (exact) mass is 402 g/mol. The van der Waals surface area contributed by atoms with Gasteiger partial charge in [0.1, 0.15) is 5.82 Å². The molecule has 1 aliphatic carbocycles. The summed E-state index contributed by atoms with van der Waals surface area (Å²) >= 11 is 0. The van der Waals surface area contributed by atoms with Crippen molar-refractivity contribution >= 4 is 36.5 Å².